The second kappa shape index (κ2) is 5.43. The molecule has 1 rings (SSSR count). The van der Waals surface area contributed by atoms with Crippen LogP contribution in [-0.2, 0) is 0 Å². The number of benzene rings is 1. The number of hydrogen-bond donors (Lipinski definition) is 1. The fraction of sp³-hybridized carbons (Fsp3) is 0.455. The molecule has 0 heterocycles. The summed E-state index contributed by atoms with van der Waals surface area (Å²) in [4.78, 5) is 0. The molecule has 102 valence electrons. The van der Waals surface area contributed by atoms with Gasteiger partial charge in [0.05, 0.1) is 14.2 Å². The Morgan fingerprint density at radius 2 is 1.67 bits per heavy atom. The molecule has 0 aromatic heterocycles. The third kappa shape index (κ3) is 2.66. The molecule has 2 N–H and O–H groups in total. The van der Waals surface area contributed by atoms with Crippen LogP contribution in [0.2, 0.25) is 0 Å². The van der Waals surface area contributed by atoms with Crippen LogP contribution in [0, 0.1) is 0 Å². The van der Waals surface area contributed by atoms with Crippen molar-refractivity contribution < 1.29 is 27.0 Å². The number of rotatable bonds is 5. The van der Waals surface area contributed by atoms with E-state index in [9.17, 15) is 17.6 Å². The summed E-state index contributed by atoms with van der Waals surface area (Å²) in [6.45, 7) is 0. The Kier molecular flexibility index (Phi) is 4.39. The van der Waals surface area contributed by atoms with E-state index in [-0.39, 0.29) is 11.3 Å². The average molecular weight is 267 g/mol. The zero-order valence-electron chi connectivity index (χ0n) is 9.79. The highest BCUT2D eigenvalue weighted by molar-refractivity contribution is 5.44. The maximum absolute atomic E-state index is 13.1. The molecule has 1 unspecified atom stereocenters. The van der Waals surface area contributed by atoms with E-state index >= 15 is 0 Å². The molecule has 1 atom stereocenters. The van der Waals surface area contributed by atoms with Gasteiger partial charge in [0, 0.05) is 0 Å². The van der Waals surface area contributed by atoms with Gasteiger partial charge in [-0.1, -0.05) is 6.07 Å². The normalized spacial score (nSPS) is 13.6. The Morgan fingerprint density at radius 1 is 1.11 bits per heavy atom. The lowest BCUT2D eigenvalue weighted by atomic mass is 10.0. The van der Waals surface area contributed by atoms with Gasteiger partial charge in [-0.3, -0.25) is 0 Å². The molecule has 1 aromatic rings. The highest BCUT2D eigenvalue weighted by Gasteiger charge is 2.47. The van der Waals surface area contributed by atoms with Crippen LogP contribution in [0.1, 0.15) is 11.6 Å². The Hall–Kier alpha value is -1.50. The molecule has 18 heavy (non-hydrogen) atoms. The standard InChI is InChI=1S/C11H13F4NO2/c1-17-7-4-3-6(5-8(7)18-2)9(16)11(14,15)10(12)13/h3-5,9-10H,16H2,1-2H3. The number of nitrogens with two attached hydrogens (primary N) is 1. The van der Waals surface area contributed by atoms with E-state index in [1.54, 1.807) is 0 Å². The van der Waals surface area contributed by atoms with Crippen molar-refractivity contribution >= 4 is 0 Å². The first-order valence-corrected chi connectivity index (χ1v) is 4.98. The van der Waals surface area contributed by atoms with Crippen LogP contribution >= 0.6 is 0 Å². The zero-order chi connectivity index (χ0) is 13.9. The molecule has 7 heteroatoms. The van der Waals surface area contributed by atoms with E-state index in [0.717, 1.165) is 6.07 Å². The minimum atomic E-state index is -4.31. The maximum Gasteiger partial charge on any atom is 0.326 e. The van der Waals surface area contributed by atoms with E-state index in [2.05, 4.69) is 0 Å². The molecule has 3 nitrogen and oxygen atoms in total. The molecule has 0 spiro atoms. The summed E-state index contributed by atoms with van der Waals surface area (Å²) in [6, 6.07) is 1.56. The minimum Gasteiger partial charge on any atom is -0.493 e. The van der Waals surface area contributed by atoms with Crippen molar-refractivity contribution in [2.24, 2.45) is 5.73 Å². The molecule has 0 amide bonds. The lowest BCUT2D eigenvalue weighted by Crippen LogP contribution is -2.39. The van der Waals surface area contributed by atoms with Crippen LogP contribution in [0.25, 0.3) is 0 Å². The number of alkyl halides is 4. The Balaban J connectivity index is 3.11. The Labute approximate surface area is 101 Å². The minimum absolute atomic E-state index is 0.149. The molecule has 0 saturated heterocycles. The summed E-state index contributed by atoms with van der Waals surface area (Å²) < 4.78 is 60.4. The summed E-state index contributed by atoms with van der Waals surface area (Å²) >= 11 is 0. The fourth-order valence-electron chi connectivity index (χ4n) is 1.40. The Morgan fingerprint density at radius 3 is 2.11 bits per heavy atom. The second-order valence-electron chi connectivity index (χ2n) is 3.57. The van der Waals surface area contributed by atoms with Crippen molar-refractivity contribution in [1.82, 2.24) is 0 Å². The molecule has 0 bridgehead atoms. The van der Waals surface area contributed by atoms with Crippen molar-refractivity contribution in [3.63, 3.8) is 0 Å². The predicted octanol–water partition coefficient (Wildman–Crippen LogP) is 2.60. The number of methoxy groups -OCH3 is 2. The van der Waals surface area contributed by atoms with E-state index < -0.39 is 18.4 Å². The molecule has 0 radical (unpaired) electrons. The molecular weight excluding hydrogens is 254 g/mol. The third-order valence-electron chi connectivity index (χ3n) is 2.47. The lowest BCUT2D eigenvalue weighted by molar-refractivity contribution is -0.144. The van der Waals surface area contributed by atoms with Crippen molar-refractivity contribution in [2.75, 3.05) is 14.2 Å². The quantitative estimate of drug-likeness (QED) is 0.834. The maximum atomic E-state index is 13.1. The first-order valence-electron chi connectivity index (χ1n) is 4.98. The molecule has 0 aliphatic rings. The van der Waals surface area contributed by atoms with Crippen molar-refractivity contribution in [1.29, 1.82) is 0 Å². The summed E-state index contributed by atoms with van der Waals surface area (Å²) in [5.74, 6) is -3.86. The molecular formula is C11H13F4NO2. The first-order chi connectivity index (χ1) is 8.34. The highest BCUT2D eigenvalue weighted by Crippen LogP contribution is 2.37. The zero-order valence-corrected chi connectivity index (χ0v) is 9.79. The highest BCUT2D eigenvalue weighted by atomic mass is 19.3. The van der Waals surface area contributed by atoms with Crippen LogP contribution in [0.5, 0.6) is 11.5 Å². The van der Waals surface area contributed by atoms with Crippen LogP contribution in [0.15, 0.2) is 18.2 Å². The van der Waals surface area contributed by atoms with E-state index in [1.165, 1.54) is 26.4 Å². The number of halogens is 4. The van der Waals surface area contributed by atoms with Crippen LogP contribution in [-0.4, -0.2) is 26.6 Å². The monoisotopic (exact) mass is 267 g/mol. The van der Waals surface area contributed by atoms with Crippen LogP contribution in [0.3, 0.4) is 0 Å². The number of ether oxygens (including phenoxy) is 2. The topological polar surface area (TPSA) is 44.5 Å². The summed E-state index contributed by atoms with van der Waals surface area (Å²) in [7, 11) is 2.67. The van der Waals surface area contributed by atoms with Crippen LogP contribution in [0.4, 0.5) is 17.6 Å². The second-order valence-corrected chi connectivity index (χ2v) is 3.57. The van der Waals surface area contributed by atoms with Gasteiger partial charge in [-0.2, -0.15) is 8.78 Å². The lowest BCUT2D eigenvalue weighted by Gasteiger charge is -2.23. The van der Waals surface area contributed by atoms with Gasteiger partial charge < -0.3 is 15.2 Å². The summed E-state index contributed by atoms with van der Waals surface area (Å²) in [5, 5.41) is 0. The van der Waals surface area contributed by atoms with Gasteiger partial charge in [0.15, 0.2) is 11.5 Å². The third-order valence-corrected chi connectivity index (χ3v) is 2.47. The number of hydrogen-bond acceptors (Lipinski definition) is 3. The smallest absolute Gasteiger partial charge is 0.326 e. The molecule has 0 aliphatic heterocycles. The van der Waals surface area contributed by atoms with Crippen molar-refractivity contribution in [3.05, 3.63) is 23.8 Å². The van der Waals surface area contributed by atoms with Crippen molar-refractivity contribution in [2.45, 2.75) is 18.4 Å². The van der Waals surface area contributed by atoms with Gasteiger partial charge in [-0.25, -0.2) is 8.78 Å². The van der Waals surface area contributed by atoms with Crippen molar-refractivity contribution in [3.8, 4) is 11.5 Å². The van der Waals surface area contributed by atoms with Gasteiger partial charge in [-0.15, -0.1) is 0 Å². The van der Waals surface area contributed by atoms with Gasteiger partial charge in [0.25, 0.3) is 0 Å². The molecule has 1 aromatic carbocycles. The molecule has 0 fully saturated rings. The first kappa shape index (κ1) is 14.6. The SMILES string of the molecule is COc1ccc(C(N)C(F)(F)C(F)F)cc1OC. The van der Waals surface area contributed by atoms with Gasteiger partial charge in [0.1, 0.15) is 6.04 Å². The van der Waals surface area contributed by atoms with Gasteiger partial charge in [0.2, 0.25) is 0 Å². The fourth-order valence-corrected chi connectivity index (χ4v) is 1.40. The summed E-state index contributed by atoms with van der Waals surface area (Å²) in [6.07, 6.45) is -3.83. The molecule has 0 aliphatic carbocycles. The van der Waals surface area contributed by atoms with E-state index in [0.29, 0.717) is 5.75 Å². The predicted molar refractivity (Wildman–Crippen MR) is 57.4 cm³/mol. The van der Waals surface area contributed by atoms with E-state index in [1.807, 2.05) is 0 Å². The van der Waals surface area contributed by atoms with E-state index in [4.69, 9.17) is 15.2 Å². The van der Waals surface area contributed by atoms with Gasteiger partial charge >= 0.3 is 12.3 Å². The van der Waals surface area contributed by atoms with Gasteiger partial charge in [-0.05, 0) is 17.7 Å². The largest absolute Gasteiger partial charge is 0.493 e. The summed E-state index contributed by atoms with van der Waals surface area (Å²) in [5.41, 5.74) is 5.01. The molecule has 0 saturated carbocycles. The van der Waals surface area contributed by atoms with Crippen LogP contribution < -0.4 is 15.2 Å². The Bertz CT molecular complexity index is 412. The average Bonchev–Trinajstić information content (AvgIpc) is 2.36.